The number of benzene rings is 2. The van der Waals surface area contributed by atoms with Gasteiger partial charge in [0.15, 0.2) is 0 Å². The van der Waals surface area contributed by atoms with Crippen molar-refractivity contribution in [1.29, 1.82) is 0 Å². The number of hydrogen-bond acceptors (Lipinski definition) is 3. The minimum atomic E-state index is -0.436. The molecule has 0 spiro atoms. The Balaban J connectivity index is 1.96. The first kappa shape index (κ1) is 17.9. The van der Waals surface area contributed by atoms with Crippen molar-refractivity contribution in [2.75, 3.05) is 26.1 Å². The molecule has 0 unspecified atom stereocenters. The van der Waals surface area contributed by atoms with E-state index in [0.29, 0.717) is 40.7 Å². The Labute approximate surface area is 144 Å². The molecule has 7 heteroatoms. The molecule has 0 aliphatic heterocycles. The maximum Gasteiger partial charge on any atom is 0.319 e. The smallest absolute Gasteiger partial charge is 0.319 e. The van der Waals surface area contributed by atoms with Crippen LogP contribution in [-0.2, 0) is 6.42 Å². The standard InChI is InChI=1S/C17H18ClFN2O3/c1-23-15-10-14(16(24-2)9-12(15)18)21-17(22)20-8-7-11-5-3-4-6-13(11)19/h3-6,9-10H,7-8H2,1-2H3,(H2,20,21,22). The van der Waals surface area contributed by atoms with Gasteiger partial charge in [-0.05, 0) is 18.1 Å². The van der Waals surface area contributed by atoms with E-state index in [1.165, 1.54) is 20.3 Å². The molecule has 0 atom stereocenters. The summed E-state index contributed by atoms with van der Waals surface area (Å²) in [6, 6.07) is 9.13. The summed E-state index contributed by atoms with van der Waals surface area (Å²) in [5.41, 5.74) is 0.964. The van der Waals surface area contributed by atoms with E-state index in [2.05, 4.69) is 10.6 Å². The van der Waals surface area contributed by atoms with Crippen molar-refractivity contribution < 1.29 is 18.7 Å². The zero-order valence-electron chi connectivity index (χ0n) is 13.4. The van der Waals surface area contributed by atoms with Crippen molar-refractivity contribution >= 4 is 23.3 Å². The summed E-state index contributed by atoms with van der Waals surface area (Å²) in [6.45, 7) is 0.291. The Kier molecular flexibility index (Phi) is 6.26. The number of anilines is 1. The van der Waals surface area contributed by atoms with Crippen LogP contribution in [0.25, 0.3) is 0 Å². The molecule has 2 amide bonds. The van der Waals surface area contributed by atoms with Gasteiger partial charge in [-0.25, -0.2) is 9.18 Å². The van der Waals surface area contributed by atoms with Crippen LogP contribution in [0.5, 0.6) is 11.5 Å². The van der Waals surface area contributed by atoms with Gasteiger partial charge in [0.25, 0.3) is 0 Å². The van der Waals surface area contributed by atoms with E-state index < -0.39 is 6.03 Å². The van der Waals surface area contributed by atoms with Crippen LogP contribution in [-0.4, -0.2) is 26.8 Å². The van der Waals surface area contributed by atoms with Crippen LogP contribution in [0.15, 0.2) is 36.4 Å². The number of nitrogens with one attached hydrogen (secondary N) is 2. The second-order valence-corrected chi connectivity index (χ2v) is 5.32. The monoisotopic (exact) mass is 352 g/mol. The van der Waals surface area contributed by atoms with Gasteiger partial charge in [-0.2, -0.15) is 0 Å². The van der Waals surface area contributed by atoms with Crippen LogP contribution in [0.1, 0.15) is 5.56 Å². The largest absolute Gasteiger partial charge is 0.495 e. The Morgan fingerprint density at radius 3 is 2.54 bits per heavy atom. The molecule has 0 saturated heterocycles. The lowest BCUT2D eigenvalue weighted by atomic mass is 10.1. The zero-order valence-corrected chi connectivity index (χ0v) is 14.1. The third kappa shape index (κ3) is 4.52. The number of urea groups is 1. The molecule has 128 valence electrons. The quantitative estimate of drug-likeness (QED) is 0.830. The molecule has 0 heterocycles. The van der Waals surface area contributed by atoms with Crippen LogP contribution in [0.2, 0.25) is 5.02 Å². The summed E-state index contributed by atoms with van der Waals surface area (Å²) in [7, 11) is 2.95. The van der Waals surface area contributed by atoms with Crippen molar-refractivity contribution in [2.24, 2.45) is 0 Å². The molecule has 5 nitrogen and oxygen atoms in total. The highest BCUT2D eigenvalue weighted by Crippen LogP contribution is 2.35. The van der Waals surface area contributed by atoms with Gasteiger partial charge in [-0.1, -0.05) is 29.8 Å². The first-order chi connectivity index (χ1) is 11.5. The Hall–Kier alpha value is -2.47. The summed E-state index contributed by atoms with van der Waals surface area (Å²) in [6.07, 6.45) is 0.390. The molecule has 2 rings (SSSR count). The van der Waals surface area contributed by atoms with Gasteiger partial charge < -0.3 is 20.1 Å². The highest BCUT2D eigenvalue weighted by Gasteiger charge is 2.12. The third-order valence-corrected chi connectivity index (χ3v) is 3.66. The maximum absolute atomic E-state index is 13.5. The molecule has 0 radical (unpaired) electrons. The number of ether oxygens (including phenoxy) is 2. The van der Waals surface area contributed by atoms with Gasteiger partial charge in [0.05, 0.1) is 24.9 Å². The van der Waals surface area contributed by atoms with Gasteiger partial charge in [-0.15, -0.1) is 0 Å². The first-order valence-corrected chi connectivity index (χ1v) is 7.62. The number of carbonyl (C=O) groups is 1. The van der Waals surface area contributed by atoms with E-state index >= 15 is 0 Å². The zero-order chi connectivity index (χ0) is 17.5. The summed E-state index contributed by atoms with van der Waals surface area (Å²) in [5, 5.41) is 5.70. The molecular formula is C17H18ClFN2O3. The van der Waals surface area contributed by atoms with Crippen molar-refractivity contribution in [3.63, 3.8) is 0 Å². The normalized spacial score (nSPS) is 10.2. The molecule has 0 bridgehead atoms. The average Bonchev–Trinajstić information content (AvgIpc) is 2.57. The van der Waals surface area contributed by atoms with E-state index in [1.54, 1.807) is 30.3 Å². The number of carbonyl (C=O) groups excluding carboxylic acids is 1. The van der Waals surface area contributed by atoms with Gasteiger partial charge in [0, 0.05) is 18.7 Å². The number of amides is 2. The Morgan fingerprint density at radius 1 is 1.17 bits per heavy atom. The molecule has 0 saturated carbocycles. The van der Waals surface area contributed by atoms with Crippen molar-refractivity contribution in [3.05, 3.63) is 52.8 Å². The molecule has 0 aromatic heterocycles. The number of methoxy groups -OCH3 is 2. The Morgan fingerprint density at radius 2 is 1.88 bits per heavy atom. The van der Waals surface area contributed by atoms with Crippen LogP contribution in [0.4, 0.5) is 14.9 Å². The fraction of sp³-hybridized carbons (Fsp3) is 0.235. The molecule has 0 aliphatic rings. The number of halogens is 2. The van der Waals surface area contributed by atoms with E-state index in [-0.39, 0.29) is 5.82 Å². The topological polar surface area (TPSA) is 59.6 Å². The van der Waals surface area contributed by atoms with E-state index in [4.69, 9.17) is 21.1 Å². The highest BCUT2D eigenvalue weighted by molar-refractivity contribution is 6.32. The van der Waals surface area contributed by atoms with E-state index in [9.17, 15) is 9.18 Å². The van der Waals surface area contributed by atoms with Gasteiger partial charge in [0.2, 0.25) is 0 Å². The molecule has 0 aliphatic carbocycles. The Bertz CT molecular complexity index is 725. The van der Waals surface area contributed by atoms with Crippen LogP contribution in [0, 0.1) is 5.82 Å². The highest BCUT2D eigenvalue weighted by atomic mass is 35.5. The van der Waals surface area contributed by atoms with Crippen LogP contribution in [0.3, 0.4) is 0 Å². The predicted octanol–water partition coefficient (Wildman–Crippen LogP) is 3.86. The summed E-state index contributed by atoms with van der Waals surface area (Å²) in [5.74, 6) is 0.535. The summed E-state index contributed by atoms with van der Waals surface area (Å²) >= 11 is 6.01. The lowest BCUT2D eigenvalue weighted by molar-refractivity contribution is 0.252. The first-order valence-electron chi connectivity index (χ1n) is 7.25. The fourth-order valence-electron chi connectivity index (χ4n) is 2.14. The number of rotatable bonds is 6. The fourth-order valence-corrected chi connectivity index (χ4v) is 2.37. The molecular weight excluding hydrogens is 335 g/mol. The summed E-state index contributed by atoms with van der Waals surface area (Å²) in [4.78, 5) is 12.0. The third-order valence-electron chi connectivity index (χ3n) is 3.36. The van der Waals surface area contributed by atoms with Crippen molar-refractivity contribution in [2.45, 2.75) is 6.42 Å². The van der Waals surface area contributed by atoms with Gasteiger partial charge in [-0.3, -0.25) is 0 Å². The van der Waals surface area contributed by atoms with Crippen LogP contribution < -0.4 is 20.1 Å². The molecule has 2 N–H and O–H groups in total. The summed E-state index contributed by atoms with van der Waals surface area (Å²) < 4.78 is 23.8. The molecule has 24 heavy (non-hydrogen) atoms. The number of hydrogen-bond donors (Lipinski definition) is 2. The maximum atomic E-state index is 13.5. The van der Waals surface area contributed by atoms with E-state index in [1.807, 2.05) is 0 Å². The molecule has 2 aromatic rings. The van der Waals surface area contributed by atoms with Gasteiger partial charge >= 0.3 is 6.03 Å². The lowest BCUT2D eigenvalue weighted by Gasteiger charge is -2.13. The van der Waals surface area contributed by atoms with Crippen molar-refractivity contribution in [3.8, 4) is 11.5 Å². The van der Waals surface area contributed by atoms with Gasteiger partial charge in [0.1, 0.15) is 17.3 Å². The second-order valence-electron chi connectivity index (χ2n) is 4.91. The predicted molar refractivity (Wildman–Crippen MR) is 91.7 cm³/mol. The average molecular weight is 353 g/mol. The lowest BCUT2D eigenvalue weighted by Crippen LogP contribution is -2.30. The minimum absolute atomic E-state index is 0.288. The molecule has 0 fully saturated rings. The second kappa shape index (κ2) is 8.40. The van der Waals surface area contributed by atoms with E-state index in [0.717, 1.165) is 0 Å². The molecule has 2 aromatic carbocycles. The van der Waals surface area contributed by atoms with Crippen LogP contribution >= 0.6 is 11.6 Å². The minimum Gasteiger partial charge on any atom is -0.495 e. The van der Waals surface area contributed by atoms with Crippen molar-refractivity contribution in [1.82, 2.24) is 5.32 Å². The SMILES string of the molecule is COc1cc(NC(=O)NCCc2ccccc2F)c(OC)cc1Cl.